The second-order valence-corrected chi connectivity index (χ2v) is 8.78. The van der Waals surface area contributed by atoms with Crippen molar-refractivity contribution >= 4 is 11.6 Å². The van der Waals surface area contributed by atoms with Crippen LogP contribution in [0.3, 0.4) is 0 Å². The number of halogens is 1. The minimum absolute atomic E-state index is 0.0220. The van der Waals surface area contributed by atoms with Gasteiger partial charge in [-0.3, -0.25) is 9.80 Å². The van der Waals surface area contributed by atoms with Crippen LogP contribution in [0.15, 0.2) is 59.0 Å². The first-order valence-corrected chi connectivity index (χ1v) is 10.0. The highest BCUT2D eigenvalue weighted by atomic mass is 19.1. The number of allylic oxidation sites excluding steroid dienone is 4. The van der Waals surface area contributed by atoms with Gasteiger partial charge in [-0.05, 0) is 74.9 Å². The minimum Gasteiger partial charge on any atom is -0.351 e. The minimum atomic E-state index is -0.229. The van der Waals surface area contributed by atoms with Crippen LogP contribution < -0.4 is 15.8 Å². The zero-order valence-corrected chi connectivity index (χ0v) is 17.0. The number of carbonyl (C=O) groups excluding carboxylic acids is 1. The summed E-state index contributed by atoms with van der Waals surface area (Å²) in [4.78, 5) is 11.5. The molecular weight excluding hydrogens is 353 g/mol. The molecule has 1 heterocycles. The maximum atomic E-state index is 13.3. The Balaban J connectivity index is 1.61. The highest BCUT2D eigenvalue weighted by molar-refractivity contribution is 5.73. The van der Waals surface area contributed by atoms with Gasteiger partial charge in [0.2, 0.25) is 5.91 Å². The Morgan fingerprint density at radius 2 is 2.04 bits per heavy atom. The van der Waals surface area contributed by atoms with Gasteiger partial charge < -0.3 is 10.7 Å². The molecule has 0 spiro atoms. The van der Waals surface area contributed by atoms with Crippen molar-refractivity contribution in [3.63, 3.8) is 0 Å². The number of hydrazine groups is 1. The SMILES string of the molecule is CC(=O)NC(C)(C)C[C@H]1CCC2=C1[C@@H](C)C1=CNN(c3ccc(F)cc3)C1=C2. The van der Waals surface area contributed by atoms with E-state index in [1.807, 2.05) is 5.01 Å². The number of nitrogens with zero attached hydrogens (tertiary/aromatic N) is 1. The van der Waals surface area contributed by atoms with Gasteiger partial charge in [0.25, 0.3) is 0 Å². The number of anilines is 1. The predicted octanol–water partition coefficient (Wildman–Crippen LogP) is 4.58. The van der Waals surface area contributed by atoms with Crippen molar-refractivity contribution < 1.29 is 9.18 Å². The molecule has 2 aliphatic carbocycles. The summed E-state index contributed by atoms with van der Waals surface area (Å²) in [6, 6.07) is 6.56. The molecular formula is C23H28FN3O. The van der Waals surface area contributed by atoms with E-state index in [4.69, 9.17) is 0 Å². The third-order valence-corrected chi connectivity index (χ3v) is 6.06. The summed E-state index contributed by atoms with van der Waals surface area (Å²) in [5.41, 5.74) is 9.40. The number of hydrogen-bond acceptors (Lipinski definition) is 3. The highest BCUT2D eigenvalue weighted by Gasteiger charge is 2.39. The first-order valence-electron chi connectivity index (χ1n) is 10.0. The fourth-order valence-corrected chi connectivity index (χ4v) is 5.07. The van der Waals surface area contributed by atoms with E-state index < -0.39 is 0 Å². The summed E-state index contributed by atoms with van der Waals surface area (Å²) < 4.78 is 13.3. The molecule has 0 saturated heterocycles. The zero-order chi connectivity index (χ0) is 20.1. The number of rotatable bonds is 4. The molecule has 28 heavy (non-hydrogen) atoms. The third-order valence-electron chi connectivity index (χ3n) is 6.06. The molecule has 0 radical (unpaired) electrons. The Labute approximate surface area is 166 Å². The van der Waals surface area contributed by atoms with E-state index in [-0.39, 0.29) is 17.3 Å². The van der Waals surface area contributed by atoms with Crippen LogP contribution in [-0.2, 0) is 4.79 Å². The molecule has 0 bridgehead atoms. The molecule has 0 aromatic heterocycles. The van der Waals surface area contributed by atoms with E-state index in [1.165, 1.54) is 28.9 Å². The zero-order valence-electron chi connectivity index (χ0n) is 17.0. The second-order valence-electron chi connectivity index (χ2n) is 8.78. The Morgan fingerprint density at radius 1 is 1.32 bits per heavy atom. The van der Waals surface area contributed by atoms with Gasteiger partial charge in [-0.2, -0.15) is 0 Å². The van der Waals surface area contributed by atoms with Crippen molar-refractivity contribution in [1.29, 1.82) is 0 Å². The van der Waals surface area contributed by atoms with E-state index in [0.29, 0.717) is 11.8 Å². The van der Waals surface area contributed by atoms with Crippen LogP contribution in [0.25, 0.3) is 0 Å². The summed E-state index contributed by atoms with van der Waals surface area (Å²) in [6.07, 6.45) is 7.49. The summed E-state index contributed by atoms with van der Waals surface area (Å²) in [5.74, 6) is 0.597. The van der Waals surface area contributed by atoms with Gasteiger partial charge in [0, 0.05) is 30.2 Å². The average Bonchev–Trinajstić information content (AvgIpc) is 3.19. The lowest BCUT2D eigenvalue weighted by atomic mass is 9.76. The molecule has 0 fully saturated rings. The lowest BCUT2D eigenvalue weighted by molar-refractivity contribution is -0.120. The summed E-state index contributed by atoms with van der Waals surface area (Å²) in [6.45, 7) is 8.06. The smallest absolute Gasteiger partial charge is 0.217 e. The molecule has 4 rings (SSSR count). The normalized spacial score (nSPS) is 23.7. The third kappa shape index (κ3) is 3.34. The van der Waals surface area contributed by atoms with Crippen LogP contribution in [0, 0.1) is 17.7 Å². The largest absolute Gasteiger partial charge is 0.351 e. The van der Waals surface area contributed by atoms with Gasteiger partial charge in [-0.1, -0.05) is 12.5 Å². The molecule has 5 heteroatoms. The lowest BCUT2D eigenvalue weighted by Gasteiger charge is -2.34. The second kappa shape index (κ2) is 6.80. The van der Waals surface area contributed by atoms with Crippen molar-refractivity contribution in [1.82, 2.24) is 10.7 Å². The molecule has 0 unspecified atom stereocenters. The molecule has 1 amide bonds. The Bertz CT molecular complexity index is 895. The van der Waals surface area contributed by atoms with E-state index >= 15 is 0 Å². The molecule has 0 saturated carbocycles. The molecule has 148 valence electrons. The highest BCUT2D eigenvalue weighted by Crippen LogP contribution is 2.49. The summed E-state index contributed by atoms with van der Waals surface area (Å²) in [5, 5.41) is 5.12. The average molecular weight is 381 g/mol. The number of fused-ring (bicyclic) bond motifs is 1. The number of nitrogens with one attached hydrogen (secondary N) is 2. The van der Waals surface area contributed by atoms with Crippen LogP contribution in [0.5, 0.6) is 0 Å². The van der Waals surface area contributed by atoms with E-state index in [9.17, 15) is 9.18 Å². The van der Waals surface area contributed by atoms with Gasteiger partial charge >= 0.3 is 0 Å². The molecule has 2 N–H and O–H groups in total. The Morgan fingerprint density at radius 3 is 2.71 bits per heavy atom. The topological polar surface area (TPSA) is 44.4 Å². The van der Waals surface area contributed by atoms with Crippen LogP contribution in [0.1, 0.15) is 47.0 Å². The van der Waals surface area contributed by atoms with Gasteiger partial charge in [0.15, 0.2) is 0 Å². The molecule has 1 aliphatic heterocycles. The molecule has 4 nitrogen and oxygen atoms in total. The molecule has 2 atom stereocenters. The Kier molecular flexibility index (Phi) is 4.56. The molecule has 1 aromatic carbocycles. The number of carbonyl (C=O) groups is 1. The lowest BCUT2D eigenvalue weighted by Crippen LogP contribution is -2.43. The van der Waals surface area contributed by atoms with E-state index in [1.54, 1.807) is 19.1 Å². The fraction of sp³-hybridized carbons (Fsp3) is 0.435. The predicted molar refractivity (Wildman–Crippen MR) is 110 cm³/mol. The summed E-state index contributed by atoms with van der Waals surface area (Å²) in [7, 11) is 0. The van der Waals surface area contributed by atoms with Crippen LogP contribution in [-0.4, -0.2) is 11.4 Å². The standard InChI is InChI=1S/C23H28FN3O/c1-14-20-13-25-27(19-9-7-18(24)8-10-19)21(20)11-16-5-6-17(22(14)16)12-23(3,4)26-15(2)28/h7-11,13-14,17,25H,5-6,12H2,1-4H3,(H,26,28)/t14-,17+/m0/s1. The first kappa shape index (κ1) is 18.8. The molecule has 3 aliphatic rings. The van der Waals surface area contributed by atoms with Crippen molar-refractivity contribution in [2.45, 2.75) is 52.5 Å². The van der Waals surface area contributed by atoms with Gasteiger partial charge in [-0.15, -0.1) is 0 Å². The Hall–Kier alpha value is -2.56. The monoisotopic (exact) mass is 381 g/mol. The van der Waals surface area contributed by atoms with Gasteiger partial charge in [-0.25, -0.2) is 4.39 Å². The van der Waals surface area contributed by atoms with E-state index in [0.717, 1.165) is 30.6 Å². The number of benzene rings is 1. The van der Waals surface area contributed by atoms with Crippen LogP contribution >= 0.6 is 0 Å². The van der Waals surface area contributed by atoms with Crippen LogP contribution in [0.2, 0.25) is 0 Å². The van der Waals surface area contributed by atoms with Crippen molar-refractivity contribution in [3.8, 4) is 0 Å². The van der Waals surface area contributed by atoms with Crippen molar-refractivity contribution in [2.24, 2.45) is 11.8 Å². The van der Waals surface area contributed by atoms with Crippen molar-refractivity contribution in [2.75, 3.05) is 5.01 Å². The van der Waals surface area contributed by atoms with Gasteiger partial charge in [0.1, 0.15) is 5.82 Å². The number of hydrogen-bond donors (Lipinski definition) is 2. The van der Waals surface area contributed by atoms with Crippen LogP contribution in [0.4, 0.5) is 10.1 Å². The number of amides is 1. The summed E-state index contributed by atoms with van der Waals surface area (Å²) >= 11 is 0. The maximum Gasteiger partial charge on any atom is 0.217 e. The molecule has 1 aromatic rings. The maximum absolute atomic E-state index is 13.3. The fourth-order valence-electron chi connectivity index (χ4n) is 5.07. The van der Waals surface area contributed by atoms with E-state index in [2.05, 4.69) is 43.8 Å². The first-order chi connectivity index (χ1) is 13.2. The van der Waals surface area contributed by atoms with Crippen molar-refractivity contribution in [3.05, 3.63) is 64.8 Å². The quantitative estimate of drug-likeness (QED) is 0.802. The van der Waals surface area contributed by atoms with Gasteiger partial charge in [0.05, 0.1) is 11.4 Å².